The Morgan fingerprint density at radius 2 is 2.40 bits per heavy atom. The van der Waals surface area contributed by atoms with Gasteiger partial charge >= 0.3 is 29.6 Å². The van der Waals surface area contributed by atoms with E-state index in [2.05, 4.69) is 9.40 Å². The van der Waals surface area contributed by atoms with Crippen LogP contribution in [0.5, 0.6) is 0 Å². The minimum atomic E-state index is -2.29. The van der Waals surface area contributed by atoms with Crippen LogP contribution >= 0.6 is 0 Å². The summed E-state index contributed by atoms with van der Waals surface area (Å²) < 4.78 is 24.8. The van der Waals surface area contributed by atoms with Gasteiger partial charge in [0, 0.05) is 18.0 Å². The van der Waals surface area contributed by atoms with Crippen molar-refractivity contribution >= 4 is 11.1 Å². The van der Waals surface area contributed by atoms with Crippen molar-refractivity contribution in [2.24, 2.45) is 0 Å². The van der Waals surface area contributed by atoms with Crippen LogP contribution in [0.1, 0.15) is 5.89 Å². The zero-order valence-corrected chi connectivity index (χ0v) is 8.47. The van der Waals surface area contributed by atoms with E-state index < -0.39 is 11.1 Å². The second-order valence-electron chi connectivity index (χ2n) is 1.43. The summed E-state index contributed by atoms with van der Waals surface area (Å²) in [6.45, 7) is 1.58. The molecule has 0 spiro atoms. The van der Waals surface area contributed by atoms with Crippen LogP contribution in [0, 0.1) is 6.92 Å². The molecule has 0 aromatic carbocycles. The summed E-state index contributed by atoms with van der Waals surface area (Å²) >= 11 is -2.29. The molecule has 1 unspecified atom stereocenters. The largest absolute Gasteiger partial charge is 1.00 e. The average molecular weight is 169 g/mol. The molecule has 0 aliphatic rings. The smallest absolute Gasteiger partial charge is 0.766 e. The van der Waals surface area contributed by atoms with Gasteiger partial charge in [-0.15, -0.1) is 0 Å². The van der Waals surface area contributed by atoms with Crippen LogP contribution in [0.3, 0.4) is 0 Å². The Kier molecular flexibility index (Phi) is 4.39. The van der Waals surface area contributed by atoms with Crippen molar-refractivity contribution in [2.75, 3.05) is 0 Å². The van der Waals surface area contributed by atoms with Gasteiger partial charge in [-0.1, -0.05) is 0 Å². The Bertz CT molecular complexity index is 236. The minimum Gasteiger partial charge on any atom is -0.766 e. The first kappa shape index (κ1) is 10.3. The van der Waals surface area contributed by atoms with Gasteiger partial charge in [-0.3, -0.25) is 4.21 Å². The molecule has 4 nitrogen and oxygen atoms in total. The van der Waals surface area contributed by atoms with Crippen LogP contribution in [0.15, 0.2) is 15.7 Å². The zero-order chi connectivity index (χ0) is 6.85. The van der Waals surface area contributed by atoms with Gasteiger partial charge in [-0.25, -0.2) is 4.98 Å². The van der Waals surface area contributed by atoms with E-state index in [1.165, 1.54) is 6.20 Å². The normalized spacial score (nSPS) is 12.2. The summed E-state index contributed by atoms with van der Waals surface area (Å²) in [5.74, 6) is 0.356. The van der Waals surface area contributed by atoms with Crippen molar-refractivity contribution in [3.8, 4) is 0 Å². The van der Waals surface area contributed by atoms with Gasteiger partial charge in [0.15, 0.2) is 11.0 Å². The predicted molar refractivity (Wildman–Crippen MR) is 28.4 cm³/mol. The summed E-state index contributed by atoms with van der Waals surface area (Å²) in [6, 6.07) is 0. The van der Waals surface area contributed by atoms with Crippen molar-refractivity contribution in [2.45, 2.75) is 12.0 Å². The molecule has 0 N–H and O–H groups in total. The molecule has 1 heterocycles. The molecule has 1 aromatic heterocycles. The maximum absolute atomic E-state index is 10.1. The van der Waals surface area contributed by atoms with Gasteiger partial charge in [0.25, 0.3) is 0 Å². The molecule has 1 atom stereocenters. The Balaban J connectivity index is 0.000000810. The van der Waals surface area contributed by atoms with E-state index in [9.17, 15) is 8.76 Å². The van der Waals surface area contributed by atoms with Crippen molar-refractivity contribution < 1.29 is 42.7 Å². The summed E-state index contributed by atoms with van der Waals surface area (Å²) in [7, 11) is 0. The van der Waals surface area contributed by atoms with E-state index in [1.807, 2.05) is 0 Å². The Hall–Kier alpha value is 0.320. The van der Waals surface area contributed by atoms with Gasteiger partial charge in [0.1, 0.15) is 0 Å². The Labute approximate surface area is 82.6 Å². The fraction of sp³-hybridized carbons (Fsp3) is 0.250. The fourth-order valence-electron chi connectivity index (χ4n) is 0.419. The minimum absolute atomic E-state index is 0. The molecule has 0 fully saturated rings. The number of hydrogen-bond donors (Lipinski definition) is 0. The first-order valence-corrected chi connectivity index (χ1v) is 3.29. The van der Waals surface area contributed by atoms with Crippen LogP contribution in [-0.4, -0.2) is 13.7 Å². The number of rotatable bonds is 1. The molecular formula is C4H4NNaO3S. The number of aryl methyl sites for hydroxylation is 1. The van der Waals surface area contributed by atoms with Gasteiger partial charge in [-0.05, 0) is 0 Å². The topological polar surface area (TPSA) is 66.2 Å². The maximum atomic E-state index is 10.1. The molecule has 50 valence electrons. The molecule has 0 radical (unpaired) electrons. The molecule has 0 saturated heterocycles. The van der Waals surface area contributed by atoms with Gasteiger partial charge < -0.3 is 8.97 Å². The third-order valence-corrected chi connectivity index (χ3v) is 1.28. The van der Waals surface area contributed by atoms with E-state index in [-0.39, 0.29) is 34.6 Å². The van der Waals surface area contributed by atoms with Crippen molar-refractivity contribution in [1.82, 2.24) is 4.98 Å². The third kappa shape index (κ3) is 2.51. The number of nitrogens with zero attached hydrogens (tertiary/aromatic N) is 1. The molecular weight excluding hydrogens is 165 g/mol. The van der Waals surface area contributed by atoms with E-state index in [1.54, 1.807) is 6.92 Å². The average Bonchev–Trinajstić information content (AvgIpc) is 2.14. The molecule has 0 aliphatic heterocycles. The SMILES string of the molecule is Cc1ncc(S(=O)[O-])o1.[Na+]. The predicted octanol–water partition coefficient (Wildman–Crippen LogP) is -2.77. The van der Waals surface area contributed by atoms with Crippen molar-refractivity contribution in [3.05, 3.63) is 12.1 Å². The van der Waals surface area contributed by atoms with Gasteiger partial charge in [0.2, 0.25) is 0 Å². The van der Waals surface area contributed by atoms with Gasteiger partial charge in [-0.2, -0.15) is 0 Å². The quantitative estimate of drug-likeness (QED) is 0.337. The molecule has 1 rings (SSSR count). The number of aromatic nitrogens is 1. The van der Waals surface area contributed by atoms with Crippen LogP contribution in [0.25, 0.3) is 0 Å². The Morgan fingerprint density at radius 3 is 2.60 bits per heavy atom. The maximum Gasteiger partial charge on any atom is 1.00 e. The van der Waals surface area contributed by atoms with Crippen LogP contribution in [0.4, 0.5) is 0 Å². The molecule has 1 aromatic rings. The molecule has 0 bridgehead atoms. The van der Waals surface area contributed by atoms with Crippen LogP contribution < -0.4 is 29.6 Å². The molecule has 6 heteroatoms. The van der Waals surface area contributed by atoms with E-state index in [0.29, 0.717) is 5.89 Å². The number of oxazole rings is 1. The van der Waals surface area contributed by atoms with Crippen LogP contribution in [0.2, 0.25) is 0 Å². The van der Waals surface area contributed by atoms with E-state index in [4.69, 9.17) is 0 Å². The standard InChI is InChI=1S/C4H5NO3S.Na/c1-3-5-2-4(8-3)9(6)7;/h2H,1H3,(H,6,7);/q;+1/p-1. The van der Waals surface area contributed by atoms with Crippen molar-refractivity contribution in [3.63, 3.8) is 0 Å². The zero-order valence-electron chi connectivity index (χ0n) is 5.66. The second-order valence-corrected chi connectivity index (χ2v) is 2.30. The molecule has 0 saturated carbocycles. The molecule has 10 heavy (non-hydrogen) atoms. The molecule has 0 aliphatic carbocycles. The van der Waals surface area contributed by atoms with E-state index in [0.717, 1.165) is 0 Å². The summed E-state index contributed by atoms with van der Waals surface area (Å²) in [5, 5.41) is -0.118. The first-order valence-electron chi connectivity index (χ1n) is 2.22. The van der Waals surface area contributed by atoms with Crippen LogP contribution in [-0.2, 0) is 11.1 Å². The van der Waals surface area contributed by atoms with Crippen molar-refractivity contribution in [1.29, 1.82) is 0 Å². The fourth-order valence-corrected chi connectivity index (χ4v) is 0.746. The third-order valence-electron chi connectivity index (χ3n) is 0.764. The van der Waals surface area contributed by atoms with Gasteiger partial charge in [0.05, 0.1) is 6.20 Å². The second kappa shape index (κ2) is 4.25. The number of hydrogen-bond acceptors (Lipinski definition) is 4. The molecule has 0 amide bonds. The van der Waals surface area contributed by atoms with E-state index >= 15 is 0 Å². The first-order chi connectivity index (χ1) is 4.20. The summed E-state index contributed by atoms with van der Waals surface area (Å²) in [5.41, 5.74) is 0. The summed E-state index contributed by atoms with van der Waals surface area (Å²) in [6.07, 6.45) is 1.17. The Morgan fingerprint density at radius 1 is 1.80 bits per heavy atom. The summed E-state index contributed by atoms with van der Waals surface area (Å²) in [4.78, 5) is 3.58. The monoisotopic (exact) mass is 169 g/mol.